The molecule has 0 aliphatic heterocycles. The highest BCUT2D eigenvalue weighted by Crippen LogP contribution is 2.41. The van der Waals surface area contributed by atoms with Gasteiger partial charge in [0.15, 0.2) is 0 Å². The van der Waals surface area contributed by atoms with Crippen LogP contribution >= 0.6 is 34.8 Å². The van der Waals surface area contributed by atoms with Gasteiger partial charge >= 0.3 is 0 Å². The monoisotopic (exact) mass is 535 g/mol. The van der Waals surface area contributed by atoms with Crippen molar-refractivity contribution in [1.29, 1.82) is 0 Å². The summed E-state index contributed by atoms with van der Waals surface area (Å²) in [6.07, 6.45) is 2.99. The number of nitrogens with one attached hydrogen (secondary N) is 1. The van der Waals surface area contributed by atoms with E-state index < -0.39 is 5.78 Å². The largest absolute Gasteiger partial charge is 0.432 e. The zero-order chi connectivity index (χ0) is 25.4. The SMILES string of the molecule is CC(=O)Nc1c(C(=O)c2cccnc2)oc2nc(-c3ccc(Cl)cc3Cl)c(-c3ccc(Cl)cc3)cc12. The van der Waals surface area contributed by atoms with Gasteiger partial charge in [-0.15, -0.1) is 0 Å². The molecule has 0 unspecified atom stereocenters. The lowest BCUT2D eigenvalue weighted by Gasteiger charge is -2.12. The summed E-state index contributed by atoms with van der Waals surface area (Å²) >= 11 is 18.8. The highest BCUT2D eigenvalue weighted by Gasteiger charge is 2.26. The molecule has 0 saturated heterocycles. The average molecular weight is 537 g/mol. The predicted molar refractivity (Wildman–Crippen MR) is 142 cm³/mol. The van der Waals surface area contributed by atoms with Gasteiger partial charge in [-0.3, -0.25) is 14.6 Å². The molecular weight excluding hydrogens is 521 g/mol. The van der Waals surface area contributed by atoms with Gasteiger partial charge in [-0.25, -0.2) is 4.98 Å². The number of nitrogens with zero attached hydrogens (tertiary/aromatic N) is 2. The first-order valence-electron chi connectivity index (χ1n) is 10.7. The Bertz CT molecular complexity index is 1630. The summed E-state index contributed by atoms with van der Waals surface area (Å²) in [6.45, 7) is 1.35. The van der Waals surface area contributed by atoms with Gasteiger partial charge in [-0.1, -0.05) is 46.9 Å². The Morgan fingerprint density at radius 3 is 2.33 bits per heavy atom. The molecule has 5 rings (SSSR count). The number of aromatic nitrogens is 2. The second-order valence-corrected chi connectivity index (χ2v) is 9.21. The third-order valence-corrected chi connectivity index (χ3v) is 6.25. The van der Waals surface area contributed by atoms with E-state index in [9.17, 15) is 9.59 Å². The first kappa shape index (κ1) is 24.0. The number of carbonyl (C=O) groups is 2. The highest BCUT2D eigenvalue weighted by atomic mass is 35.5. The molecule has 2 aromatic carbocycles. The van der Waals surface area contributed by atoms with Crippen molar-refractivity contribution >= 4 is 63.3 Å². The van der Waals surface area contributed by atoms with E-state index in [1.54, 1.807) is 54.7 Å². The molecule has 5 aromatic rings. The lowest BCUT2D eigenvalue weighted by molar-refractivity contribution is -0.114. The fourth-order valence-electron chi connectivity index (χ4n) is 3.85. The number of anilines is 1. The van der Waals surface area contributed by atoms with Gasteiger partial charge in [0, 0.05) is 46.1 Å². The van der Waals surface area contributed by atoms with Crippen molar-refractivity contribution in [3.8, 4) is 22.4 Å². The number of halogens is 3. The maximum Gasteiger partial charge on any atom is 0.232 e. The summed E-state index contributed by atoms with van der Waals surface area (Å²) in [4.78, 5) is 34.1. The Balaban J connectivity index is 1.81. The number of ketones is 1. The minimum absolute atomic E-state index is 0.0536. The van der Waals surface area contributed by atoms with Gasteiger partial charge < -0.3 is 9.73 Å². The van der Waals surface area contributed by atoms with Crippen molar-refractivity contribution in [3.05, 3.63) is 99.4 Å². The maximum atomic E-state index is 13.3. The van der Waals surface area contributed by atoms with Gasteiger partial charge in [0.2, 0.25) is 23.2 Å². The Morgan fingerprint density at radius 2 is 1.67 bits per heavy atom. The number of rotatable bonds is 5. The quantitative estimate of drug-likeness (QED) is 0.233. The molecule has 1 N–H and O–H groups in total. The van der Waals surface area contributed by atoms with Crippen molar-refractivity contribution < 1.29 is 14.0 Å². The summed E-state index contributed by atoms with van der Waals surface area (Å²) in [5, 5.41) is 4.64. The Morgan fingerprint density at radius 1 is 0.917 bits per heavy atom. The fourth-order valence-corrected chi connectivity index (χ4v) is 4.47. The molecule has 0 aliphatic carbocycles. The zero-order valence-corrected chi connectivity index (χ0v) is 20.9. The lowest BCUT2D eigenvalue weighted by atomic mass is 9.98. The van der Waals surface area contributed by atoms with Crippen molar-refractivity contribution in [1.82, 2.24) is 9.97 Å². The number of furan rings is 1. The second-order valence-electron chi connectivity index (χ2n) is 7.93. The van der Waals surface area contributed by atoms with Gasteiger partial charge in [0.05, 0.1) is 16.1 Å². The van der Waals surface area contributed by atoms with Gasteiger partial charge in [0.1, 0.15) is 5.69 Å². The minimum atomic E-state index is -0.441. The third-order valence-electron chi connectivity index (χ3n) is 5.46. The van der Waals surface area contributed by atoms with Crippen LogP contribution in [0.5, 0.6) is 0 Å². The Kier molecular flexibility index (Phi) is 6.49. The first-order chi connectivity index (χ1) is 17.3. The molecule has 3 heterocycles. The molecule has 36 heavy (non-hydrogen) atoms. The van der Waals surface area contributed by atoms with Crippen LogP contribution in [0.3, 0.4) is 0 Å². The van der Waals surface area contributed by atoms with Gasteiger partial charge in [-0.2, -0.15) is 0 Å². The molecule has 1 amide bonds. The average Bonchev–Trinajstić information content (AvgIpc) is 3.20. The number of amides is 1. The number of benzene rings is 2. The van der Waals surface area contributed by atoms with Crippen LogP contribution in [0.4, 0.5) is 5.69 Å². The molecular formula is C27H16Cl3N3O3. The lowest BCUT2D eigenvalue weighted by Crippen LogP contribution is -2.10. The first-order valence-corrected chi connectivity index (χ1v) is 11.9. The van der Waals surface area contributed by atoms with Crippen molar-refractivity contribution in [3.63, 3.8) is 0 Å². The van der Waals surface area contributed by atoms with E-state index in [0.29, 0.717) is 42.8 Å². The topological polar surface area (TPSA) is 85.1 Å². The predicted octanol–water partition coefficient (Wildman–Crippen LogP) is 7.71. The van der Waals surface area contributed by atoms with E-state index in [1.165, 1.54) is 13.1 Å². The molecule has 178 valence electrons. The van der Waals surface area contributed by atoms with Crippen molar-refractivity contribution in [2.45, 2.75) is 6.92 Å². The van der Waals surface area contributed by atoms with Crippen LogP contribution in [0.2, 0.25) is 15.1 Å². The molecule has 9 heteroatoms. The maximum absolute atomic E-state index is 13.3. The minimum Gasteiger partial charge on any atom is -0.432 e. The van der Waals surface area contributed by atoms with E-state index in [0.717, 1.165) is 5.56 Å². The van der Waals surface area contributed by atoms with Crippen molar-refractivity contribution in [2.24, 2.45) is 0 Å². The van der Waals surface area contributed by atoms with Crippen LogP contribution in [0, 0.1) is 0 Å². The number of hydrogen-bond donors (Lipinski definition) is 1. The molecule has 0 atom stereocenters. The Hall–Kier alpha value is -3.71. The molecule has 0 radical (unpaired) electrons. The molecule has 0 spiro atoms. The summed E-state index contributed by atoms with van der Waals surface area (Å²) in [5.41, 5.74) is 3.30. The van der Waals surface area contributed by atoms with E-state index in [-0.39, 0.29) is 23.1 Å². The standard InChI is InChI=1S/C27H16Cl3N3O3/c1-14(34)32-24-21-12-20(15-4-6-17(28)7-5-15)23(19-9-8-18(29)11-22(19)30)33-27(21)36-26(24)25(35)16-3-2-10-31-13-16/h2-13H,1H3,(H,32,34). The van der Waals surface area contributed by atoms with E-state index in [4.69, 9.17) is 44.2 Å². The number of fused-ring (bicyclic) bond motifs is 1. The highest BCUT2D eigenvalue weighted by molar-refractivity contribution is 6.36. The molecule has 0 bridgehead atoms. The summed E-state index contributed by atoms with van der Waals surface area (Å²) in [5.74, 6) is -0.859. The van der Waals surface area contributed by atoms with Crippen LogP contribution < -0.4 is 5.32 Å². The van der Waals surface area contributed by atoms with Gasteiger partial charge in [0.25, 0.3) is 0 Å². The molecule has 0 fully saturated rings. The second kappa shape index (κ2) is 9.74. The van der Waals surface area contributed by atoms with Crippen molar-refractivity contribution in [2.75, 3.05) is 5.32 Å². The molecule has 0 saturated carbocycles. The van der Waals surface area contributed by atoms with Crippen LogP contribution in [0.25, 0.3) is 33.5 Å². The van der Waals surface area contributed by atoms with E-state index in [2.05, 4.69) is 10.3 Å². The smallest absolute Gasteiger partial charge is 0.232 e. The van der Waals surface area contributed by atoms with Crippen LogP contribution in [0.1, 0.15) is 23.0 Å². The van der Waals surface area contributed by atoms with Gasteiger partial charge in [-0.05, 0) is 54.1 Å². The molecule has 6 nitrogen and oxygen atoms in total. The van der Waals surface area contributed by atoms with Crippen LogP contribution in [-0.2, 0) is 4.79 Å². The van der Waals surface area contributed by atoms with E-state index in [1.807, 2.05) is 12.1 Å². The summed E-state index contributed by atoms with van der Waals surface area (Å²) in [7, 11) is 0. The normalized spacial score (nSPS) is 11.0. The molecule has 3 aromatic heterocycles. The van der Waals surface area contributed by atoms with Crippen LogP contribution in [-0.4, -0.2) is 21.7 Å². The zero-order valence-electron chi connectivity index (χ0n) is 18.7. The van der Waals surface area contributed by atoms with E-state index >= 15 is 0 Å². The third kappa shape index (κ3) is 4.58. The number of carbonyl (C=O) groups excluding carboxylic acids is 2. The molecule has 0 aliphatic rings. The number of hydrogen-bond acceptors (Lipinski definition) is 5. The fraction of sp³-hybridized carbons (Fsp3) is 0.0370. The Labute approximate surface area is 220 Å². The number of pyridine rings is 2. The summed E-state index contributed by atoms with van der Waals surface area (Å²) in [6, 6.07) is 17.4. The summed E-state index contributed by atoms with van der Waals surface area (Å²) < 4.78 is 5.96. The van der Waals surface area contributed by atoms with Crippen LogP contribution in [0.15, 0.2) is 77.5 Å².